The molecule has 0 radical (unpaired) electrons. The Morgan fingerprint density at radius 1 is 1.02 bits per heavy atom. The van der Waals surface area contributed by atoms with Gasteiger partial charge in [-0.3, -0.25) is 14.4 Å². The van der Waals surface area contributed by atoms with Crippen LogP contribution in [0, 0.1) is 36.5 Å². The second kappa shape index (κ2) is 17.5. The van der Waals surface area contributed by atoms with E-state index in [1.165, 1.54) is 14.0 Å². The predicted octanol–water partition coefficient (Wildman–Crippen LogP) is 5.11. The minimum absolute atomic E-state index is 0.134. The summed E-state index contributed by atoms with van der Waals surface area (Å²) in [6, 6.07) is 2.58. The second-order valence-corrected chi connectivity index (χ2v) is 18.2. The molecule has 14 atom stereocenters. The van der Waals surface area contributed by atoms with Gasteiger partial charge in [-0.1, -0.05) is 39.3 Å². The van der Waals surface area contributed by atoms with Crippen LogP contribution in [0.3, 0.4) is 0 Å². The predicted molar refractivity (Wildman–Crippen MR) is 217 cm³/mol. The Labute approximate surface area is 352 Å². The molecule has 59 heavy (non-hydrogen) atoms. The molecule has 2 aromatic heterocycles. The molecule has 1 saturated carbocycles. The molecule has 1 N–H and O–H groups in total. The van der Waals surface area contributed by atoms with Crippen molar-refractivity contribution in [1.29, 1.82) is 0 Å². The zero-order valence-electron chi connectivity index (χ0n) is 36.2. The van der Waals surface area contributed by atoms with Crippen LogP contribution in [-0.4, -0.2) is 135 Å². The first-order valence-corrected chi connectivity index (χ1v) is 21.3. The molecule has 4 fully saturated rings. The average Bonchev–Trinajstić information content (AvgIpc) is 3.41. The fourth-order valence-electron chi connectivity index (χ4n) is 9.89. The van der Waals surface area contributed by atoms with E-state index in [0.717, 1.165) is 17.1 Å². The summed E-state index contributed by atoms with van der Waals surface area (Å²) in [6.07, 6.45) is 0.753. The molecule has 2 unspecified atom stereocenters. The summed E-state index contributed by atoms with van der Waals surface area (Å²) >= 11 is 5.97. The number of amides is 1. The number of Topliss-reactive ketones (excluding diaryl/α,β-unsaturated/α-hetero) is 2. The van der Waals surface area contributed by atoms with Gasteiger partial charge in [0.15, 0.2) is 23.8 Å². The van der Waals surface area contributed by atoms with Crippen molar-refractivity contribution in [3.63, 3.8) is 0 Å². The van der Waals surface area contributed by atoms with Gasteiger partial charge in [-0.05, 0) is 79.6 Å². The second-order valence-electron chi connectivity index (χ2n) is 17.8. The van der Waals surface area contributed by atoms with Gasteiger partial charge in [0, 0.05) is 67.9 Å². The number of methoxy groups -OCH3 is 1. The lowest BCUT2D eigenvalue weighted by atomic mass is 9.75. The third-order valence-corrected chi connectivity index (χ3v) is 13.7. The normalized spacial score (nSPS) is 38.1. The van der Waals surface area contributed by atoms with E-state index in [9.17, 15) is 24.3 Å². The summed E-state index contributed by atoms with van der Waals surface area (Å²) in [4.78, 5) is 69.0. The Morgan fingerprint density at radius 3 is 2.36 bits per heavy atom. The molecule has 2 aromatic rings. The number of nitrogens with zero attached hydrogens (tertiary/aromatic N) is 5. The van der Waals surface area contributed by atoms with E-state index < -0.39 is 89.3 Å². The lowest BCUT2D eigenvalue weighted by Crippen LogP contribution is -2.59. The summed E-state index contributed by atoms with van der Waals surface area (Å²) in [7, 11) is 5.24. The molecule has 3 saturated heterocycles. The molecule has 6 rings (SSSR count). The maximum atomic E-state index is 14.7. The summed E-state index contributed by atoms with van der Waals surface area (Å²) in [5.74, 6) is -4.45. The van der Waals surface area contributed by atoms with Crippen molar-refractivity contribution in [2.75, 3.05) is 27.7 Å². The summed E-state index contributed by atoms with van der Waals surface area (Å²) in [6.45, 7) is 15.2. The SMILES string of the molecule is CO[C@@]1(C)C[C@@H](C)C(=O)[C@H](C)[C@H]2N(CCCCn3cc(-c4ccc(Cl)nc4)nc3C)C(=O)O[C@@]23C(C)[C@H]3OC(=O)[C@H](C)C(=O)[C@H](C)[C@H]1OC1O[C@H](C)C[C@H](N(C)C)[C@H]1O. The Bertz CT molecular complexity index is 1880. The molecule has 0 aromatic carbocycles. The van der Waals surface area contributed by atoms with Crippen molar-refractivity contribution in [2.45, 2.75) is 142 Å². The van der Waals surface area contributed by atoms with Gasteiger partial charge >= 0.3 is 12.1 Å². The number of likely N-dealkylation sites (N-methyl/N-ethyl adjacent to an activating group) is 1. The molecule has 1 amide bonds. The van der Waals surface area contributed by atoms with Crippen LogP contribution < -0.4 is 0 Å². The van der Waals surface area contributed by atoms with Crippen molar-refractivity contribution in [3.8, 4) is 11.3 Å². The average molecular weight is 844 g/mol. The highest BCUT2D eigenvalue weighted by atomic mass is 35.5. The highest BCUT2D eigenvalue weighted by Crippen LogP contribution is 2.59. The Balaban J connectivity index is 1.25. The number of pyridine rings is 1. The standard InChI is InChI=1S/C43H62ClN5O10/c1-22-19-42(8,55-11)37(58-40-35(52)31(47(9)10)18-23(2)56-40)25(4)34(51)26(5)39(53)57-38-27(6)43(38)36(24(3)33(22)50)49(41(54)59-43)17-13-12-16-48-21-30(46-28(48)7)29-14-15-32(44)45-20-29/h14-15,20-27,31,35-38,40,52H,12-13,16-19H2,1-11H3/t22-,23-,24+,25+,26-,27?,31+,35-,36-,37-,38-,40?,42+,43+/m1/s1. The largest absolute Gasteiger partial charge is 0.457 e. The van der Waals surface area contributed by atoms with Crippen LogP contribution in [0.1, 0.15) is 80.0 Å². The van der Waals surface area contributed by atoms with Crippen molar-refractivity contribution < 1.29 is 48.0 Å². The maximum absolute atomic E-state index is 14.7. The number of hydrogen-bond donors (Lipinski definition) is 1. The number of esters is 1. The Morgan fingerprint density at radius 2 is 1.71 bits per heavy atom. The Kier molecular flexibility index (Phi) is 13.4. The fraction of sp³-hybridized carbons (Fsp3) is 0.721. The number of aryl methyl sites for hydroxylation is 2. The lowest BCUT2D eigenvalue weighted by Gasteiger charge is -2.46. The molecule has 1 spiro atoms. The summed E-state index contributed by atoms with van der Waals surface area (Å²) in [5.41, 5.74) is -0.892. The van der Waals surface area contributed by atoms with E-state index in [4.69, 9.17) is 35.3 Å². The van der Waals surface area contributed by atoms with Crippen LogP contribution >= 0.6 is 11.6 Å². The third-order valence-electron chi connectivity index (χ3n) is 13.5. The number of carbonyl (C=O) groups excluding carboxylic acids is 4. The van der Waals surface area contributed by atoms with Crippen LogP contribution in [0.15, 0.2) is 24.5 Å². The van der Waals surface area contributed by atoms with Gasteiger partial charge < -0.3 is 43.2 Å². The summed E-state index contributed by atoms with van der Waals surface area (Å²) < 4.78 is 33.2. The number of aliphatic hydroxyl groups is 1. The molecule has 16 heteroatoms. The number of aliphatic hydroxyl groups excluding tert-OH is 1. The molecule has 1 aliphatic carbocycles. The van der Waals surface area contributed by atoms with E-state index >= 15 is 0 Å². The number of ether oxygens (including phenoxy) is 5. The molecule has 15 nitrogen and oxygen atoms in total. The number of aromatic nitrogens is 3. The van der Waals surface area contributed by atoms with Crippen molar-refractivity contribution in [2.24, 2.45) is 29.6 Å². The number of unbranched alkanes of at least 4 members (excludes halogenated alkanes) is 1. The highest BCUT2D eigenvalue weighted by Gasteiger charge is 2.78. The molecular weight excluding hydrogens is 782 g/mol. The minimum atomic E-state index is -1.26. The topological polar surface area (TPSA) is 172 Å². The zero-order valence-corrected chi connectivity index (χ0v) is 37.0. The zero-order chi connectivity index (χ0) is 43.3. The molecule has 4 aliphatic rings. The van der Waals surface area contributed by atoms with Gasteiger partial charge in [0.25, 0.3) is 0 Å². The number of halogens is 1. The number of rotatable bonds is 10. The van der Waals surface area contributed by atoms with Gasteiger partial charge in [0.05, 0.1) is 29.5 Å². The van der Waals surface area contributed by atoms with Crippen molar-refractivity contribution in [3.05, 3.63) is 35.5 Å². The van der Waals surface area contributed by atoms with Crippen molar-refractivity contribution >= 4 is 35.2 Å². The summed E-state index contributed by atoms with van der Waals surface area (Å²) in [5, 5.41) is 11.8. The van der Waals surface area contributed by atoms with Crippen LogP contribution in [0.4, 0.5) is 4.79 Å². The number of hydrogen-bond acceptors (Lipinski definition) is 13. The van der Waals surface area contributed by atoms with Crippen molar-refractivity contribution in [1.82, 2.24) is 24.3 Å². The van der Waals surface area contributed by atoms with Gasteiger partial charge in [-0.25, -0.2) is 14.8 Å². The molecular formula is C43H62ClN5O10. The van der Waals surface area contributed by atoms with Crippen LogP contribution in [-0.2, 0) is 44.6 Å². The van der Waals surface area contributed by atoms with Crippen LogP contribution in [0.5, 0.6) is 0 Å². The first-order valence-electron chi connectivity index (χ1n) is 20.9. The molecule has 3 aliphatic heterocycles. The maximum Gasteiger partial charge on any atom is 0.410 e. The first kappa shape index (κ1) is 45.1. The lowest BCUT2D eigenvalue weighted by molar-refractivity contribution is -0.295. The van der Waals surface area contributed by atoms with Gasteiger partial charge in [0.1, 0.15) is 28.8 Å². The van der Waals surface area contributed by atoms with E-state index in [-0.39, 0.29) is 24.3 Å². The van der Waals surface area contributed by atoms with Crippen LogP contribution in [0.2, 0.25) is 5.15 Å². The monoisotopic (exact) mass is 843 g/mol. The third kappa shape index (κ3) is 8.57. The number of imidazole rings is 1. The van der Waals surface area contributed by atoms with Crippen LogP contribution in [0.25, 0.3) is 11.3 Å². The molecule has 0 bridgehead atoms. The van der Waals surface area contributed by atoms with Gasteiger partial charge in [0.2, 0.25) is 0 Å². The quantitative estimate of drug-likeness (QED) is 0.145. The van der Waals surface area contributed by atoms with Gasteiger partial charge in [-0.15, -0.1) is 0 Å². The minimum Gasteiger partial charge on any atom is -0.457 e. The van der Waals surface area contributed by atoms with E-state index in [1.807, 2.05) is 59.0 Å². The highest BCUT2D eigenvalue weighted by molar-refractivity contribution is 6.29. The van der Waals surface area contributed by atoms with Gasteiger partial charge in [-0.2, -0.15) is 0 Å². The fourth-order valence-corrected chi connectivity index (χ4v) is 10.0. The van der Waals surface area contributed by atoms with E-state index in [2.05, 4.69) is 14.5 Å². The molecule has 5 heterocycles. The first-order chi connectivity index (χ1) is 27.7. The smallest absolute Gasteiger partial charge is 0.410 e. The molecule has 326 valence electrons. The number of ketones is 2. The Hall–Kier alpha value is -3.47. The van der Waals surface area contributed by atoms with E-state index in [1.54, 1.807) is 37.9 Å². The van der Waals surface area contributed by atoms with E-state index in [0.29, 0.717) is 37.5 Å². The number of carbonyl (C=O) groups is 4.